The Bertz CT molecular complexity index is 140. The highest BCUT2D eigenvalue weighted by Gasteiger charge is 2.03. The first-order chi connectivity index (χ1) is 5.52. The van der Waals surface area contributed by atoms with Gasteiger partial charge in [0.15, 0.2) is 0 Å². The average Bonchev–Trinajstić information content (AvgIpc) is 1.96. The fourth-order valence-electron chi connectivity index (χ4n) is 1.09. The number of rotatable bonds is 6. The molecule has 0 aliphatic carbocycles. The molecule has 0 bridgehead atoms. The van der Waals surface area contributed by atoms with Crippen molar-refractivity contribution in [1.29, 1.82) is 0 Å². The zero-order valence-electron chi connectivity index (χ0n) is 8.52. The second-order valence-electron chi connectivity index (χ2n) is 3.84. The summed E-state index contributed by atoms with van der Waals surface area (Å²) in [6.07, 6.45) is 4.03. The number of allylic oxidation sites excluding steroid dienone is 1. The van der Waals surface area contributed by atoms with Gasteiger partial charge in [-0.05, 0) is 39.0 Å². The van der Waals surface area contributed by atoms with Gasteiger partial charge in [0.05, 0.1) is 0 Å². The molecule has 0 spiro atoms. The van der Waals surface area contributed by atoms with Crippen LogP contribution in [0.1, 0.15) is 46.5 Å². The molecule has 1 nitrogen and oxygen atoms in total. The van der Waals surface area contributed by atoms with Crippen molar-refractivity contribution in [3.05, 3.63) is 12.2 Å². The van der Waals surface area contributed by atoms with Crippen LogP contribution in [0.15, 0.2) is 12.2 Å². The maximum Gasteiger partial charge on any atom is 0.129 e. The van der Waals surface area contributed by atoms with E-state index in [9.17, 15) is 4.79 Å². The molecular weight excluding hydrogens is 148 g/mol. The SMILES string of the molecule is C=C(C)CCC(C)CCC(C)=O. The predicted octanol–water partition coefficient (Wildman–Crippen LogP) is 3.35. The summed E-state index contributed by atoms with van der Waals surface area (Å²) in [6.45, 7) is 9.77. The molecule has 12 heavy (non-hydrogen) atoms. The molecule has 0 amide bonds. The summed E-state index contributed by atoms with van der Waals surface area (Å²) in [5.74, 6) is 0.961. The van der Waals surface area contributed by atoms with Gasteiger partial charge in [-0.25, -0.2) is 0 Å². The highest BCUT2D eigenvalue weighted by atomic mass is 16.1. The topological polar surface area (TPSA) is 17.1 Å². The van der Waals surface area contributed by atoms with E-state index in [1.807, 2.05) is 0 Å². The molecule has 1 atom stereocenters. The summed E-state index contributed by atoms with van der Waals surface area (Å²) in [7, 11) is 0. The van der Waals surface area contributed by atoms with Crippen LogP contribution in [0.25, 0.3) is 0 Å². The van der Waals surface area contributed by atoms with Crippen LogP contribution < -0.4 is 0 Å². The first kappa shape index (κ1) is 11.4. The molecule has 0 aromatic rings. The van der Waals surface area contributed by atoms with Crippen LogP contribution in [-0.4, -0.2) is 5.78 Å². The molecule has 0 heterocycles. The van der Waals surface area contributed by atoms with Crippen LogP contribution in [-0.2, 0) is 4.79 Å². The Hall–Kier alpha value is -0.590. The number of ketones is 1. The molecular formula is C11H20O. The number of carbonyl (C=O) groups is 1. The van der Waals surface area contributed by atoms with Gasteiger partial charge < -0.3 is 4.79 Å². The summed E-state index contributed by atoms with van der Waals surface area (Å²) in [4.78, 5) is 10.7. The first-order valence-corrected chi connectivity index (χ1v) is 4.66. The maximum atomic E-state index is 10.7. The lowest BCUT2D eigenvalue weighted by Gasteiger charge is -2.09. The van der Waals surface area contributed by atoms with Crippen LogP contribution >= 0.6 is 0 Å². The van der Waals surface area contributed by atoms with Crippen molar-refractivity contribution < 1.29 is 4.79 Å². The molecule has 0 aliphatic rings. The Kier molecular flexibility index (Phi) is 5.69. The van der Waals surface area contributed by atoms with Gasteiger partial charge >= 0.3 is 0 Å². The van der Waals surface area contributed by atoms with E-state index >= 15 is 0 Å². The van der Waals surface area contributed by atoms with Crippen molar-refractivity contribution in [2.75, 3.05) is 0 Å². The van der Waals surface area contributed by atoms with Crippen molar-refractivity contribution in [2.24, 2.45) is 5.92 Å². The third-order valence-corrected chi connectivity index (χ3v) is 2.05. The van der Waals surface area contributed by atoms with E-state index in [0.29, 0.717) is 11.7 Å². The molecule has 70 valence electrons. The average molecular weight is 168 g/mol. The summed E-state index contributed by atoms with van der Waals surface area (Å²) in [5, 5.41) is 0. The van der Waals surface area contributed by atoms with Gasteiger partial charge in [-0.3, -0.25) is 0 Å². The fourth-order valence-corrected chi connectivity index (χ4v) is 1.09. The van der Waals surface area contributed by atoms with E-state index in [1.165, 1.54) is 12.0 Å². The number of hydrogen-bond acceptors (Lipinski definition) is 1. The lowest BCUT2D eigenvalue weighted by Crippen LogP contribution is -1.99. The zero-order valence-corrected chi connectivity index (χ0v) is 8.52. The second kappa shape index (κ2) is 5.99. The normalized spacial score (nSPS) is 12.6. The van der Waals surface area contributed by atoms with Gasteiger partial charge in [-0.2, -0.15) is 0 Å². The Morgan fingerprint density at radius 3 is 2.17 bits per heavy atom. The van der Waals surface area contributed by atoms with Gasteiger partial charge in [0, 0.05) is 6.42 Å². The maximum absolute atomic E-state index is 10.7. The molecule has 0 aromatic carbocycles. The molecule has 0 saturated carbocycles. The van der Waals surface area contributed by atoms with E-state index in [0.717, 1.165) is 19.3 Å². The molecule has 1 unspecified atom stereocenters. The largest absolute Gasteiger partial charge is 0.300 e. The highest BCUT2D eigenvalue weighted by Crippen LogP contribution is 2.15. The zero-order chi connectivity index (χ0) is 9.56. The van der Waals surface area contributed by atoms with Crippen molar-refractivity contribution in [2.45, 2.75) is 46.5 Å². The summed E-state index contributed by atoms with van der Waals surface area (Å²) < 4.78 is 0. The third kappa shape index (κ3) is 7.52. The van der Waals surface area contributed by atoms with Crippen molar-refractivity contribution in [3.63, 3.8) is 0 Å². The smallest absolute Gasteiger partial charge is 0.129 e. The van der Waals surface area contributed by atoms with Crippen molar-refractivity contribution in [3.8, 4) is 0 Å². The predicted molar refractivity (Wildman–Crippen MR) is 53.1 cm³/mol. The van der Waals surface area contributed by atoms with Gasteiger partial charge in [0.2, 0.25) is 0 Å². The van der Waals surface area contributed by atoms with Gasteiger partial charge in [0.1, 0.15) is 5.78 Å². The number of hydrogen-bond donors (Lipinski definition) is 0. The number of carbonyl (C=O) groups excluding carboxylic acids is 1. The minimum Gasteiger partial charge on any atom is -0.300 e. The summed E-state index contributed by atoms with van der Waals surface area (Å²) in [6, 6.07) is 0. The van der Waals surface area contributed by atoms with Crippen LogP contribution in [0, 0.1) is 5.92 Å². The van der Waals surface area contributed by atoms with Crippen LogP contribution in [0.4, 0.5) is 0 Å². The monoisotopic (exact) mass is 168 g/mol. The quantitative estimate of drug-likeness (QED) is 0.556. The Morgan fingerprint density at radius 1 is 1.25 bits per heavy atom. The minimum absolute atomic E-state index is 0.303. The Morgan fingerprint density at radius 2 is 1.75 bits per heavy atom. The van der Waals surface area contributed by atoms with E-state index in [1.54, 1.807) is 6.92 Å². The van der Waals surface area contributed by atoms with Crippen LogP contribution in [0.2, 0.25) is 0 Å². The second-order valence-corrected chi connectivity index (χ2v) is 3.84. The first-order valence-electron chi connectivity index (χ1n) is 4.66. The molecule has 1 heteroatoms. The van der Waals surface area contributed by atoms with Crippen LogP contribution in [0.3, 0.4) is 0 Å². The Labute approximate surface area is 75.9 Å². The van der Waals surface area contributed by atoms with Gasteiger partial charge in [-0.1, -0.05) is 12.5 Å². The highest BCUT2D eigenvalue weighted by molar-refractivity contribution is 5.75. The lowest BCUT2D eigenvalue weighted by atomic mass is 9.97. The molecule has 0 fully saturated rings. The van der Waals surface area contributed by atoms with E-state index in [2.05, 4.69) is 20.4 Å². The molecule has 0 aliphatic heterocycles. The van der Waals surface area contributed by atoms with Crippen molar-refractivity contribution in [1.82, 2.24) is 0 Å². The summed E-state index contributed by atoms with van der Waals surface area (Å²) >= 11 is 0. The van der Waals surface area contributed by atoms with E-state index in [4.69, 9.17) is 0 Å². The Balaban J connectivity index is 3.39. The summed E-state index contributed by atoms with van der Waals surface area (Å²) in [5.41, 5.74) is 1.24. The molecule has 0 radical (unpaired) electrons. The molecule has 0 aromatic heterocycles. The standard InChI is InChI=1S/C11H20O/c1-9(2)5-6-10(3)7-8-11(4)12/h10H,1,5-8H2,2-4H3. The minimum atomic E-state index is 0.303. The van der Waals surface area contributed by atoms with Gasteiger partial charge in [-0.15, -0.1) is 6.58 Å². The number of Topliss-reactive ketones (excluding diaryl/α,β-unsaturated/α-hetero) is 1. The molecule has 0 N–H and O–H groups in total. The molecule has 0 saturated heterocycles. The fraction of sp³-hybridized carbons (Fsp3) is 0.727. The van der Waals surface area contributed by atoms with Crippen molar-refractivity contribution >= 4 is 5.78 Å². The lowest BCUT2D eigenvalue weighted by molar-refractivity contribution is -0.117. The van der Waals surface area contributed by atoms with Crippen LogP contribution in [0.5, 0.6) is 0 Å². The molecule has 0 rings (SSSR count). The van der Waals surface area contributed by atoms with E-state index in [-0.39, 0.29) is 0 Å². The van der Waals surface area contributed by atoms with E-state index < -0.39 is 0 Å². The van der Waals surface area contributed by atoms with Gasteiger partial charge in [0.25, 0.3) is 0 Å². The third-order valence-electron chi connectivity index (χ3n) is 2.05.